The second-order valence-corrected chi connectivity index (χ2v) is 4.46. The molecule has 1 fully saturated rings. The minimum Gasteiger partial charge on any atom is -0.480 e. The van der Waals surface area contributed by atoms with Crippen LogP contribution >= 0.6 is 11.6 Å². The zero-order valence-corrected chi connectivity index (χ0v) is 9.98. The Labute approximate surface area is 105 Å². The Morgan fingerprint density at radius 2 is 2.41 bits per heavy atom. The monoisotopic (exact) mass is 255 g/mol. The predicted octanol–water partition coefficient (Wildman–Crippen LogP) is 2.38. The number of carboxylic acid groups (broad SMARTS) is 1. The second-order valence-electron chi connectivity index (χ2n) is 4.02. The number of anilines is 1. The molecule has 0 spiro atoms. The number of halogens is 1. The minimum atomic E-state index is -0.906. The fourth-order valence-electron chi connectivity index (χ4n) is 1.94. The molecule has 2 rings (SSSR count). The van der Waals surface area contributed by atoms with Crippen molar-refractivity contribution in [2.24, 2.45) is 0 Å². The average molecular weight is 256 g/mol. The van der Waals surface area contributed by atoms with Crippen LogP contribution in [0.15, 0.2) is 24.3 Å². The predicted molar refractivity (Wildman–Crippen MR) is 65.5 cm³/mol. The smallest absolute Gasteiger partial charge is 0.328 e. The number of carbonyl (C=O) groups is 1. The number of ether oxygens (including phenoxy) is 1. The van der Waals surface area contributed by atoms with Crippen molar-refractivity contribution in [1.82, 2.24) is 0 Å². The number of aliphatic carboxylic acids is 1. The molecule has 2 unspecified atom stereocenters. The van der Waals surface area contributed by atoms with E-state index in [9.17, 15) is 9.90 Å². The summed E-state index contributed by atoms with van der Waals surface area (Å²) in [6, 6.07) is 6.28. The van der Waals surface area contributed by atoms with Gasteiger partial charge in [0.1, 0.15) is 0 Å². The van der Waals surface area contributed by atoms with Crippen LogP contribution in [0.4, 0.5) is 5.69 Å². The van der Waals surface area contributed by atoms with Crippen molar-refractivity contribution < 1.29 is 14.6 Å². The molecule has 0 saturated carbocycles. The van der Waals surface area contributed by atoms with E-state index < -0.39 is 12.0 Å². The molecule has 0 aromatic heterocycles. The topological polar surface area (TPSA) is 58.6 Å². The number of carboxylic acids is 1. The van der Waals surface area contributed by atoms with Gasteiger partial charge in [-0.2, -0.15) is 0 Å². The first-order valence-corrected chi connectivity index (χ1v) is 5.91. The van der Waals surface area contributed by atoms with Gasteiger partial charge in [0, 0.05) is 17.3 Å². The highest BCUT2D eigenvalue weighted by Gasteiger charge is 2.31. The van der Waals surface area contributed by atoms with E-state index in [1.54, 1.807) is 24.3 Å². The van der Waals surface area contributed by atoms with Crippen LogP contribution in [0.2, 0.25) is 5.02 Å². The lowest BCUT2D eigenvalue weighted by molar-refractivity contribution is -0.140. The molecule has 1 heterocycles. The van der Waals surface area contributed by atoms with Crippen molar-refractivity contribution in [2.75, 3.05) is 11.9 Å². The molecular formula is C12H14ClNO3. The van der Waals surface area contributed by atoms with Gasteiger partial charge in [0.15, 0.2) is 6.04 Å². The molecule has 1 aliphatic rings. The molecule has 0 amide bonds. The summed E-state index contributed by atoms with van der Waals surface area (Å²) in [6.07, 6.45) is 1.41. The maximum atomic E-state index is 11.2. The van der Waals surface area contributed by atoms with Crippen LogP contribution in [0.1, 0.15) is 12.8 Å². The van der Waals surface area contributed by atoms with Gasteiger partial charge >= 0.3 is 5.97 Å². The normalized spacial score (nSPS) is 21.1. The summed E-state index contributed by atoms with van der Waals surface area (Å²) in [6.45, 7) is 0.631. The molecule has 4 nitrogen and oxygen atoms in total. The SMILES string of the molecule is O=C(O)C(Nc1cccc(Cl)c1)C1CCCO1. The summed E-state index contributed by atoms with van der Waals surface area (Å²) in [5.74, 6) is -0.906. The molecule has 1 aromatic rings. The van der Waals surface area contributed by atoms with E-state index in [0.717, 1.165) is 12.8 Å². The van der Waals surface area contributed by atoms with Gasteiger partial charge in [-0.15, -0.1) is 0 Å². The second kappa shape index (κ2) is 5.38. The first-order chi connectivity index (χ1) is 8.16. The summed E-state index contributed by atoms with van der Waals surface area (Å²) >= 11 is 5.85. The van der Waals surface area contributed by atoms with E-state index >= 15 is 0 Å². The summed E-state index contributed by atoms with van der Waals surface area (Å²) in [4.78, 5) is 11.2. The van der Waals surface area contributed by atoms with Gasteiger partial charge in [0.05, 0.1) is 6.10 Å². The Hall–Kier alpha value is -1.26. The van der Waals surface area contributed by atoms with Gasteiger partial charge in [-0.05, 0) is 31.0 Å². The first-order valence-electron chi connectivity index (χ1n) is 5.53. The van der Waals surface area contributed by atoms with E-state index in [4.69, 9.17) is 16.3 Å². The number of benzene rings is 1. The number of hydrogen-bond donors (Lipinski definition) is 2. The van der Waals surface area contributed by atoms with Crippen molar-refractivity contribution >= 4 is 23.3 Å². The molecule has 5 heteroatoms. The van der Waals surface area contributed by atoms with Crippen LogP contribution < -0.4 is 5.32 Å². The van der Waals surface area contributed by atoms with E-state index in [1.165, 1.54) is 0 Å². The molecular weight excluding hydrogens is 242 g/mol. The van der Waals surface area contributed by atoms with E-state index in [1.807, 2.05) is 0 Å². The Kier molecular flexibility index (Phi) is 3.86. The molecule has 2 N–H and O–H groups in total. The maximum absolute atomic E-state index is 11.2. The lowest BCUT2D eigenvalue weighted by Gasteiger charge is -2.21. The summed E-state index contributed by atoms with van der Waals surface area (Å²) in [7, 11) is 0. The summed E-state index contributed by atoms with van der Waals surface area (Å²) in [5, 5.41) is 12.7. The van der Waals surface area contributed by atoms with Crippen molar-refractivity contribution in [2.45, 2.75) is 25.0 Å². The van der Waals surface area contributed by atoms with Crippen molar-refractivity contribution in [3.05, 3.63) is 29.3 Å². The molecule has 92 valence electrons. The summed E-state index contributed by atoms with van der Waals surface area (Å²) in [5.41, 5.74) is 0.695. The average Bonchev–Trinajstić information content (AvgIpc) is 2.78. The zero-order chi connectivity index (χ0) is 12.3. The third-order valence-corrected chi connectivity index (χ3v) is 2.98. The van der Waals surface area contributed by atoms with Gasteiger partial charge < -0.3 is 15.2 Å². The zero-order valence-electron chi connectivity index (χ0n) is 9.23. The van der Waals surface area contributed by atoms with E-state index in [2.05, 4.69) is 5.32 Å². The van der Waals surface area contributed by atoms with Crippen LogP contribution in [0.25, 0.3) is 0 Å². The Bertz CT molecular complexity index is 404. The molecule has 1 aliphatic heterocycles. The van der Waals surface area contributed by atoms with Crippen LogP contribution in [0.3, 0.4) is 0 Å². The highest BCUT2D eigenvalue weighted by atomic mass is 35.5. The highest BCUT2D eigenvalue weighted by molar-refractivity contribution is 6.30. The quantitative estimate of drug-likeness (QED) is 0.867. The Morgan fingerprint density at radius 1 is 1.59 bits per heavy atom. The van der Waals surface area contributed by atoms with Gasteiger partial charge in [-0.25, -0.2) is 4.79 Å². The molecule has 17 heavy (non-hydrogen) atoms. The van der Waals surface area contributed by atoms with Crippen molar-refractivity contribution in [3.8, 4) is 0 Å². The lowest BCUT2D eigenvalue weighted by Crippen LogP contribution is -2.40. The third-order valence-electron chi connectivity index (χ3n) is 2.75. The van der Waals surface area contributed by atoms with E-state index in [0.29, 0.717) is 17.3 Å². The maximum Gasteiger partial charge on any atom is 0.328 e. The fraction of sp³-hybridized carbons (Fsp3) is 0.417. The number of hydrogen-bond acceptors (Lipinski definition) is 3. The van der Waals surface area contributed by atoms with Crippen LogP contribution in [-0.4, -0.2) is 29.8 Å². The third kappa shape index (κ3) is 3.11. The molecule has 0 radical (unpaired) electrons. The van der Waals surface area contributed by atoms with Crippen LogP contribution in [-0.2, 0) is 9.53 Å². The highest BCUT2D eigenvalue weighted by Crippen LogP contribution is 2.21. The van der Waals surface area contributed by atoms with Crippen molar-refractivity contribution in [3.63, 3.8) is 0 Å². The van der Waals surface area contributed by atoms with Gasteiger partial charge in [-0.1, -0.05) is 17.7 Å². The molecule has 2 atom stereocenters. The Morgan fingerprint density at radius 3 is 3.00 bits per heavy atom. The van der Waals surface area contributed by atoms with Crippen molar-refractivity contribution in [1.29, 1.82) is 0 Å². The first kappa shape index (κ1) is 12.2. The van der Waals surface area contributed by atoms with Gasteiger partial charge in [0.25, 0.3) is 0 Å². The lowest BCUT2D eigenvalue weighted by atomic mass is 10.1. The largest absolute Gasteiger partial charge is 0.480 e. The number of nitrogens with one attached hydrogen (secondary N) is 1. The molecule has 0 aliphatic carbocycles. The van der Waals surface area contributed by atoms with Gasteiger partial charge in [-0.3, -0.25) is 0 Å². The number of rotatable bonds is 4. The Balaban J connectivity index is 2.09. The fourth-order valence-corrected chi connectivity index (χ4v) is 2.13. The standard InChI is InChI=1S/C12H14ClNO3/c13-8-3-1-4-9(7-8)14-11(12(15)16)10-5-2-6-17-10/h1,3-4,7,10-11,14H,2,5-6H2,(H,15,16). The van der Waals surface area contributed by atoms with Crippen LogP contribution in [0.5, 0.6) is 0 Å². The van der Waals surface area contributed by atoms with Crippen LogP contribution in [0, 0.1) is 0 Å². The van der Waals surface area contributed by atoms with E-state index in [-0.39, 0.29) is 6.10 Å². The van der Waals surface area contributed by atoms with Gasteiger partial charge in [0.2, 0.25) is 0 Å². The molecule has 1 saturated heterocycles. The molecule has 0 bridgehead atoms. The molecule has 1 aromatic carbocycles. The minimum absolute atomic E-state index is 0.272. The summed E-state index contributed by atoms with van der Waals surface area (Å²) < 4.78 is 5.40.